The molecule has 0 saturated carbocycles. The SMILES string of the molecule is Nc1nc2c(F)cccc2n1Cc1ccc(Cl)s1. The topological polar surface area (TPSA) is 43.8 Å². The Balaban J connectivity index is 2.11. The molecule has 3 nitrogen and oxygen atoms in total. The Labute approximate surface area is 112 Å². The summed E-state index contributed by atoms with van der Waals surface area (Å²) in [4.78, 5) is 5.10. The van der Waals surface area contributed by atoms with Crippen molar-refractivity contribution in [3.63, 3.8) is 0 Å². The molecule has 0 saturated heterocycles. The minimum atomic E-state index is -0.359. The molecule has 0 fully saturated rings. The van der Waals surface area contributed by atoms with E-state index in [1.807, 2.05) is 12.1 Å². The molecule has 0 spiro atoms. The number of nitrogens with two attached hydrogens (primary N) is 1. The maximum absolute atomic E-state index is 13.6. The van der Waals surface area contributed by atoms with Gasteiger partial charge >= 0.3 is 0 Å². The highest BCUT2D eigenvalue weighted by Gasteiger charge is 2.12. The Hall–Kier alpha value is -1.59. The Bertz CT molecular complexity index is 719. The van der Waals surface area contributed by atoms with Crippen LogP contribution in [0.1, 0.15) is 4.88 Å². The molecular formula is C12H9ClFN3S. The van der Waals surface area contributed by atoms with Gasteiger partial charge in [0, 0.05) is 4.88 Å². The number of halogens is 2. The molecular weight excluding hydrogens is 273 g/mol. The van der Waals surface area contributed by atoms with Crippen LogP contribution in [0.15, 0.2) is 30.3 Å². The highest BCUT2D eigenvalue weighted by atomic mass is 35.5. The lowest BCUT2D eigenvalue weighted by atomic mass is 10.3. The van der Waals surface area contributed by atoms with Crippen molar-refractivity contribution >= 4 is 39.9 Å². The summed E-state index contributed by atoms with van der Waals surface area (Å²) in [5.74, 6) is -0.0539. The lowest BCUT2D eigenvalue weighted by Gasteiger charge is -2.04. The van der Waals surface area contributed by atoms with Crippen LogP contribution in [0.5, 0.6) is 0 Å². The third-order valence-corrected chi connectivity index (χ3v) is 3.92. The van der Waals surface area contributed by atoms with E-state index in [2.05, 4.69) is 4.98 Å². The predicted octanol–water partition coefficient (Wildman–Crippen LogP) is 3.52. The molecule has 0 amide bonds. The molecule has 0 radical (unpaired) electrons. The molecule has 18 heavy (non-hydrogen) atoms. The standard InChI is InChI=1S/C12H9ClFN3S/c13-10-5-4-7(18-10)6-17-9-3-1-2-8(14)11(9)16-12(17)15/h1-5H,6H2,(H2,15,16). The fourth-order valence-electron chi connectivity index (χ4n) is 1.89. The fraction of sp³-hybridized carbons (Fsp3) is 0.0833. The first-order chi connectivity index (χ1) is 8.65. The molecule has 0 aliphatic heterocycles. The molecule has 0 bridgehead atoms. The van der Waals surface area contributed by atoms with Crippen LogP contribution >= 0.6 is 22.9 Å². The van der Waals surface area contributed by atoms with Gasteiger partial charge in [0.25, 0.3) is 0 Å². The van der Waals surface area contributed by atoms with Crippen LogP contribution in [0.2, 0.25) is 4.34 Å². The van der Waals surface area contributed by atoms with Crippen molar-refractivity contribution in [3.8, 4) is 0 Å². The summed E-state index contributed by atoms with van der Waals surface area (Å²) in [5, 5.41) is 0. The zero-order valence-electron chi connectivity index (χ0n) is 9.23. The van der Waals surface area contributed by atoms with Crippen molar-refractivity contribution in [2.24, 2.45) is 0 Å². The van der Waals surface area contributed by atoms with Crippen molar-refractivity contribution in [3.05, 3.63) is 45.4 Å². The van der Waals surface area contributed by atoms with Gasteiger partial charge in [-0.2, -0.15) is 0 Å². The maximum Gasteiger partial charge on any atom is 0.201 e. The number of thiophene rings is 1. The maximum atomic E-state index is 13.6. The van der Waals surface area contributed by atoms with E-state index in [-0.39, 0.29) is 5.82 Å². The van der Waals surface area contributed by atoms with Crippen LogP contribution in [0.4, 0.5) is 10.3 Å². The second-order valence-electron chi connectivity index (χ2n) is 3.87. The Morgan fingerprint density at radius 1 is 1.33 bits per heavy atom. The van der Waals surface area contributed by atoms with Gasteiger partial charge in [-0.05, 0) is 24.3 Å². The lowest BCUT2D eigenvalue weighted by molar-refractivity contribution is 0.637. The van der Waals surface area contributed by atoms with Gasteiger partial charge in [0.1, 0.15) is 5.52 Å². The van der Waals surface area contributed by atoms with E-state index < -0.39 is 0 Å². The average Bonchev–Trinajstić information content (AvgIpc) is 2.87. The van der Waals surface area contributed by atoms with Crippen molar-refractivity contribution in [1.29, 1.82) is 0 Å². The Kier molecular flexibility index (Phi) is 2.72. The highest BCUT2D eigenvalue weighted by molar-refractivity contribution is 7.16. The molecule has 3 aromatic rings. The Morgan fingerprint density at radius 3 is 2.89 bits per heavy atom. The molecule has 2 heterocycles. The molecule has 0 aliphatic rings. The number of aromatic nitrogens is 2. The molecule has 2 N–H and O–H groups in total. The van der Waals surface area contributed by atoms with E-state index in [0.29, 0.717) is 23.5 Å². The number of nitrogens with zero attached hydrogens (tertiary/aromatic N) is 2. The smallest absolute Gasteiger partial charge is 0.201 e. The van der Waals surface area contributed by atoms with Gasteiger partial charge < -0.3 is 10.3 Å². The van der Waals surface area contributed by atoms with Crippen LogP contribution < -0.4 is 5.73 Å². The van der Waals surface area contributed by atoms with Crippen molar-refractivity contribution in [2.75, 3.05) is 5.73 Å². The third-order valence-electron chi connectivity index (χ3n) is 2.70. The van der Waals surface area contributed by atoms with E-state index in [1.165, 1.54) is 17.4 Å². The number of hydrogen-bond donors (Lipinski definition) is 1. The summed E-state index contributed by atoms with van der Waals surface area (Å²) in [7, 11) is 0. The summed E-state index contributed by atoms with van der Waals surface area (Å²) in [6, 6.07) is 8.59. The van der Waals surface area contributed by atoms with E-state index in [9.17, 15) is 4.39 Å². The number of fused-ring (bicyclic) bond motifs is 1. The van der Waals surface area contributed by atoms with Crippen molar-refractivity contribution < 1.29 is 4.39 Å². The van der Waals surface area contributed by atoms with Crippen LogP contribution in [0.25, 0.3) is 11.0 Å². The van der Waals surface area contributed by atoms with E-state index in [4.69, 9.17) is 17.3 Å². The van der Waals surface area contributed by atoms with Gasteiger partial charge in [0.2, 0.25) is 5.95 Å². The molecule has 3 rings (SSSR count). The number of para-hydroxylation sites is 1. The molecule has 2 aromatic heterocycles. The van der Waals surface area contributed by atoms with E-state index in [1.54, 1.807) is 16.7 Å². The average molecular weight is 282 g/mol. The van der Waals surface area contributed by atoms with Crippen LogP contribution in [0, 0.1) is 5.82 Å². The number of imidazole rings is 1. The zero-order valence-corrected chi connectivity index (χ0v) is 10.8. The van der Waals surface area contributed by atoms with Gasteiger partial charge in [-0.3, -0.25) is 0 Å². The monoisotopic (exact) mass is 281 g/mol. The van der Waals surface area contributed by atoms with Gasteiger partial charge in [0.05, 0.1) is 16.4 Å². The normalized spacial score (nSPS) is 11.2. The Morgan fingerprint density at radius 2 is 2.17 bits per heavy atom. The zero-order chi connectivity index (χ0) is 12.7. The predicted molar refractivity (Wildman–Crippen MR) is 72.5 cm³/mol. The number of rotatable bonds is 2. The minimum absolute atomic E-state index is 0.303. The third kappa shape index (κ3) is 1.85. The van der Waals surface area contributed by atoms with Gasteiger partial charge in [-0.25, -0.2) is 9.37 Å². The first kappa shape index (κ1) is 11.5. The quantitative estimate of drug-likeness (QED) is 0.781. The van der Waals surface area contributed by atoms with Crippen LogP contribution in [-0.2, 0) is 6.54 Å². The van der Waals surface area contributed by atoms with Crippen LogP contribution in [-0.4, -0.2) is 9.55 Å². The molecule has 92 valence electrons. The summed E-state index contributed by atoms with van der Waals surface area (Å²) >= 11 is 7.36. The summed E-state index contributed by atoms with van der Waals surface area (Å²) in [6.45, 7) is 0.545. The van der Waals surface area contributed by atoms with Gasteiger partial charge in [-0.15, -0.1) is 11.3 Å². The van der Waals surface area contributed by atoms with E-state index >= 15 is 0 Å². The number of anilines is 1. The summed E-state index contributed by atoms with van der Waals surface area (Å²) < 4.78 is 16.1. The molecule has 6 heteroatoms. The van der Waals surface area contributed by atoms with Crippen molar-refractivity contribution in [2.45, 2.75) is 6.54 Å². The molecule has 0 atom stereocenters. The minimum Gasteiger partial charge on any atom is -0.369 e. The largest absolute Gasteiger partial charge is 0.369 e. The number of nitrogen functional groups attached to an aromatic ring is 1. The molecule has 1 aromatic carbocycles. The van der Waals surface area contributed by atoms with Gasteiger partial charge in [-0.1, -0.05) is 17.7 Å². The fourth-order valence-corrected chi connectivity index (χ4v) is 2.97. The molecule has 0 aliphatic carbocycles. The van der Waals surface area contributed by atoms with Gasteiger partial charge in [0.15, 0.2) is 5.82 Å². The van der Waals surface area contributed by atoms with Crippen molar-refractivity contribution in [1.82, 2.24) is 9.55 Å². The number of hydrogen-bond acceptors (Lipinski definition) is 3. The second kappa shape index (κ2) is 4.26. The first-order valence-electron chi connectivity index (χ1n) is 5.29. The summed E-state index contributed by atoms with van der Waals surface area (Å²) in [6.07, 6.45) is 0. The number of benzene rings is 1. The first-order valence-corrected chi connectivity index (χ1v) is 6.49. The molecule has 0 unspecified atom stereocenters. The lowest BCUT2D eigenvalue weighted by Crippen LogP contribution is -2.03. The van der Waals surface area contributed by atoms with Crippen LogP contribution in [0.3, 0.4) is 0 Å². The highest BCUT2D eigenvalue weighted by Crippen LogP contribution is 2.26. The second-order valence-corrected chi connectivity index (χ2v) is 5.67. The van der Waals surface area contributed by atoms with E-state index in [0.717, 1.165) is 9.21 Å². The summed E-state index contributed by atoms with van der Waals surface area (Å²) in [5.41, 5.74) is 6.83.